The Kier molecular flexibility index (Phi) is 4.75. The van der Waals surface area contributed by atoms with Gasteiger partial charge in [-0.2, -0.15) is 0 Å². The zero-order valence-electron chi connectivity index (χ0n) is 10.6. The fraction of sp³-hybridized carbons (Fsp3) is 0.143. The van der Waals surface area contributed by atoms with Crippen LogP contribution in [0.1, 0.15) is 22.7 Å². The first-order valence-electron chi connectivity index (χ1n) is 5.81. The normalized spacial score (nSPS) is 12.5. The maximum Gasteiger partial charge on any atom is 0.148 e. The Bertz CT molecular complexity index is 649. The molecule has 0 fully saturated rings. The largest absolute Gasteiger partial charge is 0.271 e. The molecule has 0 heterocycles. The number of hydrazine groups is 1. The van der Waals surface area contributed by atoms with Gasteiger partial charge in [-0.05, 0) is 40.5 Å². The molecule has 2 aromatic rings. The van der Waals surface area contributed by atoms with E-state index in [1.54, 1.807) is 25.1 Å². The molecule has 106 valence electrons. The third-order valence-corrected chi connectivity index (χ3v) is 4.27. The fourth-order valence-corrected chi connectivity index (χ4v) is 2.46. The van der Waals surface area contributed by atoms with Crippen LogP contribution in [0.3, 0.4) is 0 Å². The number of hydrogen-bond donors (Lipinski definition) is 2. The second-order valence-electron chi connectivity index (χ2n) is 4.39. The molecule has 0 aliphatic heterocycles. The van der Waals surface area contributed by atoms with Gasteiger partial charge in [0.1, 0.15) is 11.6 Å². The minimum Gasteiger partial charge on any atom is -0.271 e. The first kappa shape index (κ1) is 15.4. The van der Waals surface area contributed by atoms with E-state index in [0.29, 0.717) is 4.47 Å². The van der Waals surface area contributed by atoms with Crippen molar-refractivity contribution in [3.05, 3.63) is 68.2 Å². The minimum atomic E-state index is -0.818. The van der Waals surface area contributed by atoms with Gasteiger partial charge in [0.2, 0.25) is 0 Å². The molecule has 1 unspecified atom stereocenters. The number of nitrogens with one attached hydrogen (secondary N) is 1. The standard InChI is InChI=1S/C14H12BrClF2N2/c1-7-2-3-8(11(17)6-7)14(20-19)9-4-5-10(15)12(16)13(9)18/h2-6,14,20H,19H2,1H3. The Morgan fingerprint density at radius 2 is 1.85 bits per heavy atom. The monoisotopic (exact) mass is 360 g/mol. The van der Waals surface area contributed by atoms with Gasteiger partial charge in [-0.15, -0.1) is 0 Å². The average Bonchev–Trinajstić information content (AvgIpc) is 2.41. The number of aryl methyl sites for hydroxylation is 1. The van der Waals surface area contributed by atoms with Crippen LogP contribution in [-0.4, -0.2) is 0 Å². The number of rotatable bonds is 3. The second-order valence-corrected chi connectivity index (χ2v) is 5.62. The van der Waals surface area contributed by atoms with Crippen LogP contribution < -0.4 is 11.3 Å². The molecule has 2 nitrogen and oxygen atoms in total. The van der Waals surface area contributed by atoms with Crippen LogP contribution in [0.25, 0.3) is 0 Å². The van der Waals surface area contributed by atoms with Crippen LogP contribution in [0.15, 0.2) is 34.8 Å². The van der Waals surface area contributed by atoms with Gasteiger partial charge >= 0.3 is 0 Å². The van der Waals surface area contributed by atoms with Crippen molar-refractivity contribution in [3.63, 3.8) is 0 Å². The number of hydrogen-bond acceptors (Lipinski definition) is 2. The van der Waals surface area contributed by atoms with E-state index < -0.39 is 17.7 Å². The molecule has 0 saturated heterocycles. The molecule has 3 N–H and O–H groups in total. The van der Waals surface area contributed by atoms with Crippen LogP contribution in [0.4, 0.5) is 8.78 Å². The van der Waals surface area contributed by atoms with Gasteiger partial charge in [0, 0.05) is 15.6 Å². The fourth-order valence-electron chi connectivity index (χ4n) is 1.98. The van der Waals surface area contributed by atoms with Crippen molar-refractivity contribution < 1.29 is 8.78 Å². The van der Waals surface area contributed by atoms with Gasteiger partial charge in [-0.3, -0.25) is 5.84 Å². The topological polar surface area (TPSA) is 38.0 Å². The van der Waals surface area contributed by atoms with E-state index in [4.69, 9.17) is 17.4 Å². The molecule has 0 aliphatic carbocycles. The van der Waals surface area contributed by atoms with Crippen molar-refractivity contribution >= 4 is 27.5 Å². The third-order valence-electron chi connectivity index (χ3n) is 3.01. The first-order valence-corrected chi connectivity index (χ1v) is 6.98. The zero-order chi connectivity index (χ0) is 14.9. The highest BCUT2D eigenvalue weighted by Crippen LogP contribution is 2.33. The Hall–Kier alpha value is -1.01. The Labute approximate surface area is 129 Å². The van der Waals surface area contributed by atoms with Crippen LogP contribution in [-0.2, 0) is 0 Å². The summed E-state index contributed by atoms with van der Waals surface area (Å²) in [7, 11) is 0. The highest BCUT2D eigenvalue weighted by molar-refractivity contribution is 9.10. The predicted molar refractivity (Wildman–Crippen MR) is 79.4 cm³/mol. The number of benzene rings is 2. The van der Waals surface area contributed by atoms with E-state index in [2.05, 4.69) is 21.4 Å². The predicted octanol–water partition coefficient (Wildman–Crippen LogP) is 4.24. The van der Waals surface area contributed by atoms with E-state index >= 15 is 0 Å². The summed E-state index contributed by atoms with van der Waals surface area (Å²) in [5, 5.41) is -0.0599. The lowest BCUT2D eigenvalue weighted by Gasteiger charge is -2.19. The molecular formula is C14H12BrClF2N2. The Morgan fingerprint density at radius 1 is 1.20 bits per heavy atom. The molecule has 2 rings (SSSR count). The molecular weight excluding hydrogens is 350 g/mol. The van der Waals surface area contributed by atoms with Crippen molar-refractivity contribution in [2.45, 2.75) is 13.0 Å². The van der Waals surface area contributed by atoms with Gasteiger partial charge in [0.15, 0.2) is 0 Å². The molecule has 2 aromatic carbocycles. The van der Waals surface area contributed by atoms with Gasteiger partial charge in [0.05, 0.1) is 11.1 Å². The molecule has 0 saturated carbocycles. The van der Waals surface area contributed by atoms with Crippen LogP contribution in [0.5, 0.6) is 0 Å². The number of halogens is 4. The summed E-state index contributed by atoms with van der Waals surface area (Å²) in [6.45, 7) is 1.77. The van der Waals surface area contributed by atoms with E-state index in [0.717, 1.165) is 5.56 Å². The molecule has 0 radical (unpaired) electrons. The number of nitrogens with two attached hydrogens (primary N) is 1. The maximum absolute atomic E-state index is 14.2. The summed E-state index contributed by atoms with van der Waals surface area (Å²) in [4.78, 5) is 0. The first-order chi connectivity index (χ1) is 9.45. The molecule has 1 atom stereocenters. The lowest BCUT2D eigenvalue weighted by molar-refractivity contribution is 0.530. The van der Waals surface area contributed by atoms with Crippen LogP contribution in [0, 0.1) is 18.6 Å². The van der Waals surface area contributed by atoms with Crippen LogP contribution in [0.2, 0.25) is 5.02 Å². The molecule has 6 heteroatoms. The Balaban J connectivity index is 2.55. The van der Waals surface area contributed by atoms with Gasteiger partial charge in [-0.1, -0.05) is 29.8 Å². The van der Waals surface area contributed by atoms with Crippen molar-refractivity contribution in [3.8, 4) is 0 Å². The lowest BCUT2D eigenvalue weighted by atomic mass is 9.97. The molecule has 20 heavy (non-hydrogen) atoms. The lowest BCUT2D eigenvalue weighted by Crippen LogP contribution is -2.30. The van der Waals surface area contributed by atoms with Gasteiger partial charge in [-0.25, -0.2) is 14.2 Å². The Morgan fingerprint density at radius 3 is 2.45 bits per heavy atom. The van der Waals surface area contributed by atoms with Crippen molar-refractivity contribution in [1.29, 1.82) is 0 Å². The van der Waals surface area contributed by atoms with Crippen molar-refractivity contribution in [2.24, 2.45) is 5.84 Å². The smallest absolute Gasteiger partial charge is 0.148 e. The highest BCUT2D eigenvalue weighted by atomic mass is 79.9. The average molecular weight is 362 g/mol. The van der Waals surface area contributed by atoms with Gasteiger partial charge < -0.3 is 0 Å². The minimum absolute atomic E-state index is 0.0599. The SMILES string of the molecule is Cc1ccc(C(NN)c2ccc(Br)c(Cl)c2F)c(F)c1. The van der Waals surface area contributed by atoms with E-state index in [9.17, 15) is 8.78 Å². The summed E-state index contributed by atoms with van der Waals surface area (Å²) in [6.07, 6.45) is 0. The zero-order valence-corrected chi connectivity index (χ0v) is 12.9. The quantitative estimate of drug-likeness (QED) is 0.487. The van der Waals surface area contributed by atoms with E-state index in [1.165, 1.54) is 12.1 Å². The highest BCUT2D eigenvalue weighted by Gasteiger charge is 2.22. The third kappa shape index (κ3) is 2.86. The summed E-state index contributed by atoms with van der Waals surface area (Å²) < 4.78 is 28.7. The van der Waals surface area contributed by atoms with E-state index in [-0.39, 0.29) is 16.1 Å². The van der Waals surface area contributed by atoms with Crippen LogP contribution >= 0.6 is 27.5 Å². The summed E-state index contributed by atoms with van der Waals surface area (Å²) >= 11 is 8.99. The summed E-state index contributed by atoms with van der Waals surface area (Å²) in [5.74, 6) is 4.38. The second kappa shape index (κ2) is 6.18. The molecule has 0 bridgehead atoms. The van der Waals surface area contributed by atoms with Crippen molar-refractivity contribution in [1.82, 2.24) is 5.43 Å². The van der Waals surface area contributed by atoms with E-state index in [1.807, 2.05) is 0 Å². The van der Waals surface area contributed by atoms with Gasteiger partial charge in [0.25, 0.3) is 0 Å². The van der Waals surface area contributed by atoms with Crippen molar-refractivity contribution in [2.75, 3.05) is 0 Å². The molecule has 0 aromatic heterocycles. The molecule has 0 aliphatic rings. The summed E-state index contributed by atoms with van der Waals surface area (Å²) in [5.41, 5.74) is 3.65. The molecule has 0 spiro atoms. The molecule has 0 amide bonds. The summed E-state index contributed by atoms with van der Waals surface area (Å²) in [6, 6.07) is 6.97. The maximum atomic E-state index is 14.2.